The molecule has 8 aromatic rings. The molecule has 14 rings (SSSR count). The third-order valence-corrected chi connectivity index (χ3v) is 24.3. The lowest BCUT2D eigenvalue weighted by atomic mass is 9.91. The predicted molar refractivity (Wildman–Crippen MR) is 576 cm³/mol. The fourth-order valence-corrected chi connectivity index (χ4v) is 14.9. The molecule has 0 unspecified atom stereocenters. The van der Waals surface area contributed by atoms with Gasteiger partial charge in [-0.3, -0.25) is 59.6 Å². The summed E-state index contributed by atoms with van der Waals surface area (Å²) < 4.78 is 36.9. The monoisotopic (exact) mass is 1880 g/mol. The highest BCUT2D eigenvalue weighted by molar-refractivity contribution is 5.47. The van der Waals surface area contributed by atoms with Crippen LogP contribution in [0.1, 0.15) is 390 Å². The summed E-state index contributed by atoms with van der Waals surface area (Å²) in [5, 5.41) is 0. The summed E-state index contributed by atoms with van der Waals surface area (Å²) in [6.45, 7) is 95.7. The molecule has 6 fully saturated rings. The van der Waals surface area contributed by atoms with Crippen molar-refractivity contribution in [2.75, 3.05) is 102 Å². The van der Waals surface area contributed by atoms with Crippen LogP contribution in [0.5, 0.6) is 11.5 Å². The van der Waals surface area contributed by atoms with Crippen molar-refractivity contribution in [3.8, 4) is 11.5 Å². The predicted octanol–water partition coefficient (Wildman–Crippen LogP) is 28.5. The van der Waals surface area contributed by atoms with Crippen LogP contribution in [0.4, 0.5) is 20.2 Å². The number of nitrogens with zero attached hydrogens (tertiary/aromatic N) is 15. The maximum absolute atomic E-state index is 13.0. The van der Waals surface area contributed by atoms with E-state index in [2.05, 4.69) is 365 Å². The van der Waals surface area contributed by atoms with Gasteiger partial charge in [-0.25, -0.2) is 8.78 Å². The number of rotatable bonds is 6. The maximum Gasteiger partial charge on any atom is 0.148 e. The molecule has 5 saturated heterocycles. The largest absolute Gasteiger partial charge is 0.491 e. The SMILES string of the molecule is CC(C)(C)COc1ccc(C(C)(C)C)nc1.CC(C)(C)N1CCCC1.CC(C)(C)N1CCCCC1.CC(C)(C)N1CCCCC1.CC(C)(C)c1ccc(N2CCCCC2)cn1.CC(C)(C)c1ccc(OC2CCC2)cn1.CC(C)(C)c1ccccn1.CC(C)(C)c1cnccn1.CC(C)(C)c1ncc(F)cc1F.CN1CCN(c2ccc(C(C)(C)C)nc2)CC1.Cc1ccc(C(C)(C)C)nc1. The quantitative estimate of drug-likeness (QED) is 0.155. The van der Waals surface area contributed by atoms with E-state index in [1.807, 2.05) is 88.3 Å². The van der Waals surface area contributed by atoms with Gasteiger partial charge in [0.2, 0.25) is 0 Å². The van der Waals surface area contributed by atoms with Gasteiger partial charge in [-0.15, -0.1) is 0 Å². The number of piperidine rings is 3. The van der Waals surface area contributed by atoms with E-state index in [9.17, 15) is 8.78 Å². The maximum atomic E-state index is 13.0. The third kappa shape index (κ3) is 48.3. The van der Waals surface area contributed by atoms with E-state index in [4.69, 9.17) is 9.47 Å². The summed E-state index contributed by atoms with van der Waals surface area (Å²) in [6, 6.07) is 28.0. The molecule has 0 amide bonds. The van der Waals surface area contributed by atoms with Gasteiger partial charge in [0.05, 0.1) is 66.5 Å². The number of piperazine rings is 1. The van der Waals surface area contributed by atoms with Crippen molar-refractivity contribution >= 4 is 11.4 Å². The second-order valence-electron chi connectivity index (χ2n) is 50.2. The highest BCUT2D eigenvalue weighted by Crippen LogP contribution is 2.32. The molecule has 17 nitrogen and oxygen atoms in total. The average molecular weight is 1880 g/mol. The summed E-state index contributed by atoms with van der Waals surface area (Å²) >= 11 is 0. The molecule has 8 aromatic heterocycles. The normalized spacial score (nSPS) is 16.4. The van der Waals surface area contributed by atoms with Crippen molar-refractivity contribution in [1.82, 2.24) is 64.5 Å². The fraction of sp³-hybridized carbons (Fsp3) is 0.667. The van der Waals surface area contributed by atoms with Crippen LogP contribution in [0.15, 0.2) is 147 Å². The van der Waals surface area contributed by atoms with Crippen LogP contribution < -0.4 is 19.3 Å². The van der Waals surface area contributed by atoms with Crippen molar-refractivity contribution in [1.29, 1.82) is 0 Å². The van der Waals surface area contributed by atoms with E-state index in [1.54, 1.807) is 18.6 Å². The molecule has 1 aliphatic carbocycles. The number of ether oxygens (including phenoxy) is 2. The van der Waals surface area contributed by atoms with Crippen molar-refractivity contribution < 1.29 is 18.3 Å². The number of pyridine rings is 7. The first-order valence-electron chi connectivity index (χ1n) is 51.2. The average Bonchev–Trinajstić information content (AvgIpc) is 1.18. The molecule has 0 bridgehead atoms. The Labute approximate surface area is 829 Å². The zero-order chi connectivity index (χ0) is 103. The van der Waals surface area contributed by atoms with Gasteiger partial charge in [-0.2, -0.15) is 0 Å². The number of halogens is 2. The highest BCUT2D eigenvalue weighted by atomic mass is 19.1. The molecule has 1 saturated carbocycles. The first kappa shape index (κ1) is 120. The van der Waals surface area contributed by atoms with Gasteiger partial charge < -0.3 is 24.2 Å². The van der Waals surface area contributed by atoms with E-state index >= 15 is 0 Å². The van der Waals surface area contributed by atoms with Gasteiger partial charge in [-0.05, 0) is 270 Å². The van der Waals surface area contributed by atoms with Gasteiger partial charge in [-0.1, -0.05) is 212 Å². The topological polar surface area (TPSA) is 154 Å². The standard InChI is InChI=1S/C14H23N3.C14H22N2.C14H23NO.C13H19NO.C10H15N.C9H11F2N.2C9H19N.C9H13N.C8H12N2.C8H17N/c1-14(2,3)13-6-5-12(11-15-13)17-9-7-16(4)8-10-17;1-14(2,3)13-8-7-12(11-15-13)16-9-5-4-6-10-16;1-13(2,3)10-16-11-7-8-12(15-9-11)14(4,5)6;1-13(2,3)12-8-7-11(9-14-12)15-10-5-4-6-10;1-8-5-6-9(11-7-8)10(2,3)4;1-9(2,3)8-7(11)4-6(10)5-12-8;2*1-9(2,3)10-7-5-4-6-8-10;1-9(2,3)8-6-4-5-7-10-8;1-8(2,3)7-6-9-4-5-10-7;1-8(2,3)9-6-4-5-7-9/h5-6,11H,7-10H2,1-4H3;7-8,11H,4-6,9-10H2,1-3H3;7-9H,10H2,1-6H3;7-10H,4-6H2,1-3H3;5-7H,1-4H3;4-5H,1-3H3;2*4-8H2,1-3H3;4-7H,1-3H3;4-6H,1-3H3;4-7H2,1-3H3. The summed E-state index contributed by atoms with van der Waals surface area (Å²) in [6.07, 6.45) is 37.1. The first-order chi connectivity index (χ1) is 62.7. The van der Waals surface area contributed by atoms with Crippen LogP contribution in [-0.4, -0.2) is 179 Å². The molecule has 5 aliphatic heterocycles. The summed E-state index contributed by atoms with van der Waals surface area (Å²) in [5.74, 6) is 0.540. The zero-order valence-electron chi connectivity index (χ0n) is 93.3. The molecule has 6 aliphatic rings. The highest BCUT2D eigenvalue weighted by Gasteiger charge is 2.29. The molecule has 0 aromatic carbocycles. The summed E-state index contributed by atoms with van der Waals surface area (Å²) in [7, 11) is 2.18. The van der Waals surface area contributed by atoms with E-state index < -0.39 is 11.6 Å². The number of likely N-dealkylation sites (N-methyl/N-ethyl adjacent to an activating group) is 1. The van der Waals surface area contributed by atoms with Crippen LogP contribution in [-0.2, 0) is 43.3 Å². The Morgan fingerprint density at radius 1 is 0.309 bits per heavy atom. The summed E-state index contributed by atoms with van der Waals surface area (Å²) in [4.78, 5) is 53.4. The lowest BCUT2D eigenvalue weighted by Gasteiger charge is -2.38. The second kappa shape index (κ2) is 54.7. The molecule has 13 heterocycles. The number of aryl methyl sites for hydroxylation is 1. The van der Waals surface area contributed by atoms with Gasteiger partial charge in [0.15, 0.2) is 0 Å². The molecule has 0 N–H and O–H groups in total. The number of hydrogen-bond donors (Lipinski definition) is 0. The minimum atomic E-state index is -0.638. The number of aromatic nitrogens is 9. The van der Waals surface area contributed by atoms with E-state index in [1.165, 1.54) is 165 Å². The Morgan fingerprint density at radius 3 is 0.941 bits per heavy atom. The molecule has 0 spiro atoms. The molecule has 762 valence electrons. The Bertz CT molecular complexity index is 4430. The molecular formula is C117H193F2N15O2. The Kier molecular flexibility index (Phi) is 48.4. The van der Waals surface area contributed by atoms with Crippen LogP contribution in [0.2, 0.25) is 0 Å². The molecule has 19 heteroatoms. The fourth-order valence-electron chi connectivity index (χ4n) is 14.9. The molecule has 0 radical (unpaired) electrons. The first-order valence-corrected chi connectivity index (χ1v) is 51.2. The van der Waals surface area contributed by atoms with Gasteiger partial charge >= 0.3 is 0 Å². The molecule has 136 heavy (non-hydrogen) atoms. The number of likely N-dealkylation sites (tertiary alicyclic amines) is 3. The van der Waals surface area contributed by atoms with Crippen molar-refractivity contribution in [2.45, 2.75) is 412 Å². The van der Waals surface area contributed by atoms with Gasteiger partial charge in [0.1, 0.15) is 23.1 Å². The van der Waals surface area contributed by atoms with Gasteiger partial charge in [0.25, 0.3) is 0 Å². The number of anilines is 2. The Morgan fingerprint density at radius 2 is 0.662 bits per heavy atom. The third-order valence-electron chi connectivity index (χ3n) is 24.3. The Hall–Kier alpha value is -7.97. The van der Waals surface area contributed by atoms with Crippen molar-refractivity contribution in [2.24, 2.45) is 5.41 Å². The zero-order valence-corrected chi connectivity index (χ0v) is 93.3. The van der Waals surface area contributed by atoms with Gasteiger partial charge in [0, 0.05) is 170 Å². The minimum Gasteiger partial charge on any atom is -0.491 e. The van der Waals surface area contributed by atoms with E-state index in [-0.39, 0.29) is 48.7 Å². The van der Waals surface area contributed by atoms with Crippen LogP contribution in [0.25, 0.3) is 0 Å². The minimum absolute atomic E-state index is 0.0998. The molecule has 0 atom stereocenters. The number of hydrogen-bond acceptors (Lipinski definition) is 17. The van der Waals surface area contributed by atoms with Crippen molar-refractivity contribution in [3.05, 3.63) is 210 Å². The molecular weight excluding hydrogens is 1690 g/mol. The summed E-state index contributed by atoms with van der Waals surface area (Å²) in [5.41, 5.74) is 14.0. The lowest BCUT2D eigenvalue weighted by Crippen LogP contribution is -2.44. The smallest absolute Gasteiger partial charge is 0.148 e. The van der Waals surface area contributed by atoms with Crippen LogP contribution >= 0.6 is 0 Å². The Balaban J connectivity index is 0.000000315. The van der Waals surface area contributed by atoms with E-state index in [0.29, 0.717) is 35.0 Å². The van der Waals surface area contributed by atoms with Crippen LogP contribution in [0.3, 0.4) is 0 Å². The lowest BCUT2D eigenvalue weighted by molar-refractivity contribution is 0.110. The van der Waals surface area contributed by atoms with Crippen molar-refractivity contribution in [3.63, 3.8) is 0 Å². The van der Waals surface area contributed by atoms with E-state index in [0.717, 1.165) is 84.1 Å². The van der Waals surface area contributed by atoms with Crippen LogP contribution in [0, 0.1) is 24.0 Å². The second-order valence-corrected chi connectivity index (χ2v) is 50.2.